The molecule has 114 valence electrons. The highest BCUT2D eigenvalue weighted by atomic mass is 16.5. The molecule has 2 unspecified atom stereocenters. The molecule has 0 spiro atoms. The Hall–Kier alpha value is -1.10. The number of hydrogen-bond acceptors (Lipinski definition) is 4. The fourth-order valence-electron chi connectivity index (χ4n) is 3.21. The predicted molar refractivity (Wildman–Crippen MR) is 76.2 cm³/mol. The summed E-state index contributed by atoms with van der Waals surface area (Å²) < 4.78 is 5.13. The van der Waals surface area contributed by atoms with Gasteiger partial charge in [0.05, 0.1) is 12.1 Å². The van der Waals surface area contributed by atoms with Gasteiger partial charge in [-0.1, -0.05) is 0 Å². The van der Waals surface area contributed by atoms with Crippen LogP contribution in [-0.4, -0.2) is 48.1 Å². The van der Waals surface area contributed by atoms with Gasteiger partial charge in [0.2, 0.25) is 5.91 Å². The molecular weight excluding hydrogens is 256 g/mol. The van der Waals surface area contributed by atoms with Crippen molar-refractivity contribution in [3.8, 4) is 0 Å². The van der Waals surface area contributed by atoms with E-state index in [1.807, 2.05) is 6.92 Å². The van der Waals surface area contributed by atoms with E-state index in [9.17, 15) is 9.59 Å². The summed E-state index contributed by atoms with van der Waals surface area (Å²) in [5.74, 6) is -0.185. The van der Waals surface area contributed by atoms with Gasteiger partial charge in [-0.2, -0.15) is 0 Å². The standard InChI is InChI=1S/C15H26N2O3/c1-3-20-13(18)12-8-4-7-11-17(12)14(19)15(2)9-5-6-10-16-15/h12,16H,3-11H2,1-2H3. The topological polar surface area (TPSA) is 58.6 Å². The molecule has 1 N–H and O–H groups in total. The molecule has 2 saturated heterocycles. The summed E-state index contributed by atoms with van der Waals surface area (Å²) in [5, 5.41) is 3.34. The third kappa shape index (κ3) is 3.14. The summed E-state index contributed by atoms with van der Waals surface area (Å²) in [4.78, 5) is 26.7. The number of nitrogens with zero attached hydrogens (tertiary/aromatic N) is 1. The van der Waals surface area contributed by atoms with Gasteiger partial charge in [-0.3, -0.25) is 4.79 Å². The van der Waals surface area contributed by atoms with Crippen molar-refractivity contribution in [2.75, 3.05) is 19.7 Å². The number of hydrogen-bond donors (Lipinski definition) is 1. The van der Waals surface area contributed by atoms with E-state index in [1.165, 1.54) is 0 Å². The molecule has 5 heteroatoms. The first-order valence-electron chi connectivity index (χ1n) is 7.81. The summed E-state index contributed by atoms with van der Waals surface area (Å²) in [7, 11) is 0. The van der Waals surface area contributed by atoms with Gasteiger partial charge in [0.25, 0.3) is 0 Å². The summed E-state index contributed by atoms with van der Waals surface area (Å²) in [5.41, 5.74) is -0.514. The maximum absolute atomic E-state index is 12.8. The number of esters is 1. The highest BCUT2D eigenvalue weighted by molar-refractivity contribution is 5.90. The molecule has 2 rings (SSSR count). The lowest BCUT2D eigenvalue weighted by molar-refractivity contribution is -0.159. The molecule has 0 radical (unpaired) electrons. The van der Waals surface area contributed by atoms with Crippen LogP contribution in [0.4, 0.5) is 0 Å². The van der Waals surface area contributed by atoms with Crippen LogP contribution in [0.5, 0.6) is 0 Å². The minimum Gasteiger partial charge on any atom is -0.464 e. The molecule has 2 aliphatic heterocycles. The van der Waals surface area contributed by atoms with Crippen molar-refractivity contribution in [2.45, 2.75) is 64.0 Å². The number of likely N-dealkylation sites (tertiary alicyclic amines) is 1. The Bertz CT molecular complexity index is 364. The van der Waals surface area contributed by atoms with Gasteiger partial charge in [0.1, 0.15) is 6.04 Å². The first kappa shape index (κ1) is 15.3. The number of carbonyl (C=O) groups is 2. The van der Waals surface area contributed by atoms with Crippen LogP contribution in [0.15, 0.2) is 0 Å². The van der Waals surface area contributed by atoms with Gasteiger partial charge >= 0.3 is 5.97 Å². The molecule has 2 aliphatic rings. The lowest BCUT2D eigenvalue weighted by atomic mass is 9.88. The van der Waals surface area contributed by atoms with E-state index in [0.717, 1.165) is 45.1 Å². The second-order valence-corrected chi connectivity index (χ2v) is 5.98. The summed E-state index contributed by atoms with van der Waals surface area (Å²) in [6.45, 7) is 5.68. The highest BCUT2D eigenvalue weighted by Gasteiger charge is 2.42. The molecule has 20 heavy (non-hydrogen) atoms. The van der Waals surface area contributed by atoms with Gasteiger partial charge in [0, 0.05) is 6.54 Å². The van der Waals surface area contributed by atoms with E-state index in [4.69, 9.17) is 4.74 Å². The second kappa shape index (κ2) is 6.57. The molecule has 0 aliphatic carbocycles. The Kier molecular flexibility index (Phi) is 5.02. The normalized spacial score (nSPS) is 30.9. The number of piperidine rings is 2. The van der Waals surface area contributed by atoms with E-state index < -0.39 is 11.6 Å². The molecular formula is C15H26N2O3. The maximum Gasteiger partial charge on any atom is 0.328 e. The largest absolute Gasteiger partial charge is 0.464 e. The van der Waals surface area contributed by atoms with E-state index in [0.29, 0.717) is 13.2 Å². The van der Waals surface area contributed by atoms with Crippen molar-refractivity contribution >= 4 is 11.9 Å². The molecule has 5 nitrogen and oxygen atoms in total. The van der Waals surface area contributed by atoms with Crippen molar-refractivity contribution in [1.29, 1.82) is 0 Å². The molecule has 0 saturated carbocycles. The zero-order chi connectivity index (χ0) is 14.6. The van der Waals surface area contributed by atoms with Crippen molar-refractivity contribution < 1.29 is 14.3 Å². The number of ether oxygens (including phenoxy) is 1. The maximum atomic E-state index is 12.8. The van der Waals surface area contributed by atoms with Crippen molar-refractivity contribution in [2.24, 2.45) is 0 Å². The monoisotopic (exact) mass is 282 g/mol. The van der Waals surface area contributed by atoms with Crippen LogP contribution in [-0.2, 0) is 14.3 Å². The number of amides is 1. The van der Waals surface area contributed by atoms with Crippen LogP contribution in [0.25, 0.3) is 0 Å². The molecule has 2 heterocycles. The Morgan fingerprint density at radius 3 is 2.75 bits per heavy atom. The fraction of sp³-hybridized carbons (Fsp3) is 0.867. The van der Waals surface area contributed by atoms with E-state index in [2.05, 4.69) is 5.32 Å². The average molecular weight is 282 g/mol. The molecule has 0 bridgehead atoms. The average Bonchev–Trinajstić information content (AvgIpc) is 2.47. The first-order valence-corrected chi connectivity index (χ1v) is 7.81. The SMILES string of the molecule is CCOC(=O)C1CCCCN1C(=O)C1(C)CCCCN1. The summed E-state index contributed by atoms with van der Waals surface area (Å²) in [6.07, 6.45) is 5.70. The van der Waals surface area contributed by atoms with Crippen molar-refractivity contribution in [3.05, 3.63) is 0 Å². The quantitative estimate of drug-likeness (QED) is 0.796. The second-order valence-electron chi connectivity index (χ2n) is 5.98. The third-order valence-electron chi connectivity index (χ3n) is 4.41. The van der Waals surface area contributed by atoms with Crippen molar-refractivity contribution in [3.63, 3.8) is 0 Å². The Labute approximate surface area is 121 Å². The Morgan fingerprint density at radius 2 is 2.10 bits per heavy atom. The zero-order valence-electron chi connectivity index (χ0n) is 12.6. The van der Waals surface area contributed by atoms with Gasteiger partial charge in [0.15, 0.2) is 0 Å². The van der Waals surface area contributed by atoms with E-state index >= 15 is 0 Å². The van der Waals surface area contributed by atoms with Gasteiger partial charge in [-0.15, -0.1) is 0 Å². The van der Waals surface area contributed by atoms with Crippen LogP contribution in [0.3, 0.4) is 0 Å². The number of nitrogens with one attached hydrogen (secondary N) is 1. The molecule has 0 aromatic heterocycles. The number of carbonyl (C=O) groups excluding carboxylic acids is 2. The minimum absolute atomic E-state index is 0.0648. The van der Waals surface area contributed by atoms with Crippen molar-refractivity contribution in [1.82, 2.24) is 10.2 Å². The summed E-state index contributed by atoms with van der Waals surface area (Å²) >= 11 is 0. The predicted octanol–water partition coefficient (Wildman–Crippen LogP) is 1.46. The molecule has 0 aromatic carbocycles. The lowest BCUT2D eigenvalue weighted by Crippen LogP contribution is -2.62. The van der Waals surface area contributed by atoms with E-state index in [1.54, 1.807) is 11.8 Å². The molecule has 0 aromatic rings. The smallest absolute Gasteiger partial charge is 0.328 e. The Balaban J connectivity index is 2.10. The van der Waals surface area contributed by atoms with Crippen LogP contribution >= 0.6 is 0 Å². The number of rotatable bonds is 3. The fourth-order valence-corrected chi connectivity index (χ4v) is 3.21. The van der Waals surface area contributed by atoms with Gasteiger partial charge < -0.3 is 15.0 Å². The Morgan fingerprint density at radius 1 is 1.30 bits per heavy atom. The third-order valence-corrected chi connectivity index (χ3v) is 4.41. The van der Waals surface area contributed by atoms with Crippen LogP contribution in [0.1, 0.15) is 52.4 Å². The van der Waals surface area contributed by atoms with Crippen LogP contribution in [0.2, 0.25) is 0 Å². The van der Waals surface area contributed by atoms with Crippen LogP contribution in [0, 0.1) is 0 Å². The van der Waals surface area contributed by atoms with Gasteiger partial charge in [-0.05, 0) is 58.9 Å². The molecule has 2 fully saturated rings. The first-order chi connectivity index (χ1) is 9.58. The highest BCUT2D eigenvalue weighted by Crippen LogP contribution is 2.26. The van der Waals surface area contributed by atoms with E-state index in [-0.39, 0.29) is 11.9 Å². The lowest BCUT2D eigenvalue weighted by Gasteiger charge is -2.42. The van der Waals surface area contributed by atoms with Crippen LogP contribution < -0.4 is 5.32 Å². The summed E-state index contributed by atoms with van der Waals surface area (Å²) in [6, 6.07) is -0.392. The molecule has 1 amide bonds. The zero-order valence-corrected chi connectivity index (χ0v) is 12.6. The molecule has 2 atom stereocenters. The van der Waals surface area contributed by atoms with Gasteiger partial charge in [-0.25, -0.2) is 4.79 Å². The minimum atomic E-state index is -0.514.